The number of halogens is 1. The minimum atomic E-state index is -0.408. The van der Waals surface area contributed by atoms with Crippen LogP contribution in [0.5, 0.6) is 0 Å². The Labute approximate surface area is 159 Å². The van der Waals surface area contributed by atoms with Crippen molar-refractivity contribution in [1.29, 1.82) is 0 Å². The standard InChI is InChI=1S/C18H16ClN7O/c1-11-15(12(2)26(23-11)10-13-5-3-6-14(19)9-13)21-17(27)16-22-18-20-7-4-8-25(18)24-16/h3-9H,10H2,1-2H3,(H,21,27). The van der Waals surface area contributed by atoms with Crippen molar-refractivity contribution in [1.82, 2.24) is 29.4 Å². The highest BCUT2D eigenvalue weighted by atomic mass is 35.5. The molecule has 1 N–H and O–H groups in total. The van der Waals surface area contributed by atoms with Crippen molar-refractivity contribution in [3.05, 3.63) is 70.5 Å². The van der Waals surface area contributed by atoms with Crippen molar-refractivity contribution in [3.63, 3.8) is 0 Å². The van der Waals surface area contributed by atoms with Crippen LogP contribution in [0, 0.1) is 13.8 Å². The zero-order valence-corrected chi connectivity index (χ0v) is 15.5. The summed E-state index contributed by atoms with van der Waals surface area (Å²) in [5, 5.41) is 12.2. The molecule has 0 unspecified atom stereocenters. The highest BCUT2D eigenvalue weighted by Crippen LogP contribution is 2.21. The molecule has 136 valence electrons. The molecule has 0 bridgehead atoms. The van der Waals surface area contributed by atoms with E-state index < -0.39 is 5.91 Å². The number of hydrogen-bond acceptors (Lipinski definition) is 5. The van der Waals surface area contributed by atoms with E-state index in [2.05, 4.69) is 25.5 Å². The van der Waals surface area contributed by atoms with Crippen LogP contribution in [0.2, 0.25) is 5.02 Å². The number of aryl methyl sites for hydroxylation is 1. The van der Waals surface area contributed by atoms with E-state index in [-0.39, 0.29) is 5.82 Å². The molecule has 3 heterocycles. The highest BCUT2D eigenvalue weighted by Gasteiger charge is 2.19. The van der Waals surface area contributed by atoms with E-state index in [1.165, 1.54) is 4.52 Å². The van der Waals surface area contributed by atoms with Crippen molar-refractivity contribution < 1.29 is 4.79 Å². The van der Waals surface area contributed by atoms with Gasteiger partial charge in [0.25, 0.3) is 11.7 Å². The Hall–Kier alpha value is -3.26. The summed E-state index contributed by atoms with van der Waals surface area (Å²) in [4.78, 5) is 20.8. The van der Waals surface area contributed by atoms with Crippen molar-refractivity contribution in [2.75, 3.05) is 5.32 Å². The predicted octanol–water partition coefficient (Wildman–Crippen LogP) is 2.89. The lowest BCUT2D eigenvalue weighted by Crippen LogP contribution is -2.15. The van der Waals surface area contributed by atoms with Gasteiger partial charge in [-0.25, -0.2) is 9.50 Å². The van der Waals surface area contributed by atoms with Crippen LogP contribution in [0.25, 0.3) is 5.78 Å². The Bertz CT molecular complexity index is 1110. The molecule has 0 aliphatic carbocycles. The average Bonchev–Trinajstić information content (AvgIpc) is 3.19. The molecule has 8 nitrogen and oxygen atoms in total. The Morgan fingerprint density at radius 3 is 2.85 bits per heavy atom. The minimum absolute atomic E-state index is 0.0510. The summed E-state index contributed by atoms with van der Waals surface area (Å²) in [5.74, 6) is 0.0110. The van der Waals surface area contributed by atoms with Gasteiger partial charge in [-0.2, -0.15) is 10.1 Å². The van der Waals surface area contributed by atoms with E-state index in [1.807, 2.05) is 42.8 Å². The third-order valence-corrected chi connectivity index (χ3v) is 4.40. The minimum Gasteiger partial charge on any atom is -0.316 e. The molecule has 0 fully saturated rings. The van der Waals surface area contributed by atoms with Gasteiger partial charge >= 0.3 is 0 Å². The quantitative estimate of drug-likeness (QED) is 0.587. The molecular formula is C18H16ClN7O. The molecule has 4 aromatic rings. The van der Waals surface area contributed by atoms with Crippen LogP contribution in [-0.4, -0.2) is 35.3 Å². The van der Waals surface area contributed by atoms with Gasteiger partial charge in [0.05, 0.1) is 23.6 Å². The molecule has 0 saturated heterocycles. The van der Waals surface area contributed by atoms with Crippen molar-refractivity contribution in [2.45, 2.75) is 20.4 Å². The predicted molar refractivity (Wildman–Crippen MR) is 101 cm³/mol. The number of hydrogen-bond donors (Lipinski definition) is 1. The second-order valence-corrected chi connectivity index (χ2v) is 6.52. The number of amides is 1. The van der Waals surface area contributed by atoms with Gasteiger partial charge in [-0.15, -0.1) is 5.10 Å². The number of aromatic nitrogens is 6. The maximum Gasteiger partial charge on any atom is 0.295 e. The van der Waals surface area contributed by atoms with Crippen LogP contribution in [0.3, 0.4) is 0 Å². The molecule has 0 spiro atoms. The topological polar surface area (TPSA) is 90.0 Å². The zero-order chi connectivity index (χ0) is 19.0. The summed E-state index contributed by atoms with van der Waals surface area (Å²) in [7, 11) is 0. The SMILES string of the molecule is Cc1nn(Cc2cccc(Cl)c2)c(C)c1NC(=O)c1nc2ncccn2n1. The van der Waals surface area contributed by atoms with E-state index in [9.17, 15) is 4.79 Å². The fourth-order valence-corrected chi connectivity index (χ4v) is 3.05. The normalized spacial score (nSPS) is 11.1. The Kier molecular flexibility index (Phi) is 4.33. The van der Waals surface area contributed by atoms with Gasteiger partial charge in [0.15, 0.2) is 0 Å². The smallest absolute Gasteiger partial charge is 0.295 e. The van der Waals surface area contributed by atoms with Gasteiger partial charge in [0.1, 0.15) is 0 Å². The summed E-state index contributed by atoms with van der Waals surface area (Å²) in [5.41, 5.74) is 3.22. The number of carbonyl (C=O) groups excluding carboxylic acids is 1. The summed E-state index contributed by atoms with van der Waals surface area (Å²) in [6.45, 7) is 4.30. The number of anilines is 1. The Balaban J connectivity index is 1.58. The average molecular weight is 382 g/mol. The molecule has 27 heavy (non-hydrogen) atoms. The van der Waals surface area contributed by atoms with Gasteiger partial charge in [0, 0.05) is 17.4 Å². The van der Waals surface area contributed by atoms with Crippen LogP contribution in [0.15, 0.2) is 42.7 Å². The first-order chi connectivity index (χ1) is 13.0. The van der Waals surface area contributed by atoms with Crippen molar-refractivity contribution in [2.24, 2.45) is 0 Å². The third kappa shape index (κ3) is 3.39. The third-order valence-electron chi connectivity index (χ3n) is 4.16. The molecule has 0 saturated carbocycles. The summed E-state index contributed by atoms with van der Waals surface area (Å²) < 4.78 is 3.28. The molecule has 0 atom stereocenters. The molecule has 0 aliphatic rings. The van der Waals surface area contributed by atoms with E-state index >= 15 is 0 Å². The second-order valence-electron chi connectivity index (χ2n) is 6.09. The Morgan fingerprint density at radius 1 is 1.22 bits per heavy atom. The maximum atomic E-state index is 12.6. The van der Waals surface area contributed by atoms with E-state index in [0.29, 0.717) is 28.7 Å². The Morgan fingerprint density at radius 2 is 2.07 bits per heavy atom. The number of carbonyl (C=O) groups is 1. The number of benzene rings is 1. The second kappa shape index (κ2) is 6.81. The maximum absolute atomic E-state index is 12.6. The van der Waals surface area contributed by atoms with Gasteiger partial charge in [-0.1, -0.05) is 23.7 Å². The van der Waals surface area contributed by atoms with Crippen LogP contribution in [0.4, 0.5) is 5.69 Å². The van der Waals surface area contributed by atoms with Gasteiger partial charge < -0.3 is 5.32 Å². The fourth-order valence-electron chi connectivity index (χ4n) is 2.84. The van der Waals surface area contributed by atoms with Crippen LogP contribution in [-0.2, 0) is 6.54 Å². The largest absolute Gasteiger partial charge is 0.316 e. The first kappa shape index (κ1) is 17.2. The van der Waals surface area contributed by atoms with Crippen LogP contribution >= 0.6 is 11.6 Å². The van der Waals surface area contributed by atoms with E-state index in [0.717, 1.165) is 11.3 Å². The molecule has 1 aromatic carbocycles. The lowest BCUT2D eigenvalue weighted by atomic mass is 10.2. The molecule has 0 radical (unpaired) electrons. The van der Waals surface area contributed by atoms with E-state index in [1.54, 1.807) is 18.5 Å². The summed E-state index contributed by atoms with van der Waals surface area (Å²) in [6.07, 6.45) is 3.28. The van der Waals surface area contributed by atoms with Crippen LogP contribution < -0.4 is 5.32 Å². The summed E-state index contributed by atoms with van der Waals surface area (Å²) >= 11 is 6.05. The molecule has 0 aliphatic heterocycles. The lowest BCUT2D eigenvalue weighted by Gasteiger charge is -2.06. The first-order valence-corrected chi connectivity index (χ1v) is 8.66. The fraction of sp³-hybridized carbons (Fsp3) is 0.167. The number of rotatable bonds is 4. The van der Waals surface area contributed by atoms with Gasteiger partial charge in [0.2, 0.25) is 5.82 Å². The van der Waals surface area contributed by atoms with Gasteiger partial charge in [-0.05, 0) is 37.6 Å². The first-order valence-electron chi connectivity index (χ1n) is 8.28. The van der Waals surface area contributed by atoms with E-state index in [4.69, 9.17) is 11.6 Å². The molecule has 1 amide bonds. The highest BCUT2D eigenvalue weighted by molar-refractivity contribution is 6.30. The zero-order valence-electron chi connectivity index (χ0n) is 14.7. The molecule has 9 heteroatoms. The molecule has 3 aromatic heterocycles. The monoisotopic (exact) mass is 381 g/mol. The molecule has 4 rings (SSSR count). The van der Waals surface area contributed by atoms with Gasteiger partial charge in [-0.3, -0.25) is 9.48 Å². The number of fused-ring (bicyclic) bond motifs is 1. The number of nitrogens with one attached hydrogen (secondary N) is 1. The number of nitrogens with zero attached hydrogens (tertiary/aromatic N) is 6. The lowest BCUT2D eigenvalue weighted by molar-refractivity contribution is 0.101. The summed E-state index contributed by atoms with van der Waals surface area (Å²) in [6, 6.07) is 9.32. The van der Waals surface area contributed by atoms with Crippen molar-refractivity contribution >= 4 is 29.0 Å². The van der Waals surface area contributed by atoms with Crippen LogP contribution in [0.1, 0.15) is 27.6 Å². The van der Waals surface area contributed by atoms with Crippen molar-refractivity contribution in [3.8, 4) is 0 Å². The molecular weight excluding hydrogens is 366 g/mol.